The second-order valence-electron chi connectivity index (χ2n) is 4.68. The third-order valence-electron chi connectivity index (χ3n) is 3.20. The van der Waals surface area contributed by atoms with Crippen LogP contribution in [0, 0.1) is 11.8 Å². The fourth-order valence-corrected chi connectivity index (χ4v) is 2.59. The summed E-state index contributed by atoms with van der Waals surface area (Å²) in [6, 6.07) is -0.138. The quantitative estimate of drug-likeness (QED) is 0.753. The number of hydrogen-bond donors (Lipinski definition) is 1. The maximum absolute atomic E-state index is 11.8. The van der Waals surface area contributed by atoms with E-state index in [0.717, 1.165) is 0 Å². The van der Waals surface area contributed by atoms with Gasteiger partial charge in [-0.2, -0.15) is 0 Å². The molecule has 0 spiro atoms. The molecule has 0 bridgehead atoms. The number of piperidine rings is 1. The molecule has 1 fully saturated rings. The van der Waals surface area contributed by atoms with Gasteiger partial charge in [-0.1, -0.05) is 6.92 Å². The SMILES string of the molecule is CC1CC(=O)N(C(C)C)C(C)C1C(=O)O. The largest absolute Gasteiger partial charge is 0.481 e. The molecule has 1 heterocycles. The number of nitrogens with zero attached hydrogens (tertiary/aromatic N) is 1. The van der Waals surface area contributed by atoms with Crippen LogP contribution in [0.2, 0.25) is 0 Å². The number of hydrogen-bond acceptors (Lipinski definition) is 2. The minimum Gasteiger partial charge on any atom is -0.481 e. The summed E-state index contributed by atoms with van der Waals surface area (Å²) in [5, 5.41) is 9.13. The van der Waals surface area contributed by atoms with E-state index in [0.29, 0.717) is 6.42 Å². The fraction of sp³-hybridized carbons (Fsp3) is 0.818. The van der Waals surface area contributed by atoms with Crippen molar-refractivity contribution >= 4 is 11.9 Å². The highest BCUT2D eigenvalue weighted by atomic mass is 16.4. The number of carbonyl (C=O) groups is 2. The Balaban J connectivity index is 2.94. The Morgan fingerprint density at radius 1 is 1.47 bits per heavy atom. The Morgan fingerprint density at radius 2 is 2.00 bits per heavy atom. The lowest BCUT2D eigenvalue weighted by Gasteiger charge is -2.43. The predicted molar refractivity (Wildman–Crippen MR) is 56.4 cm³/mol. The monoisotopic (exact) mass is 213 g/mol. The van der Waals surface area contributed by atoms with Gasteiger partial charge < -0.3 is 10.0 Å². The highest BCUT2D eigenvalue weighted by molar-refractivity contribution is 5.82. The summed E-state index contributed by atoms with van der Waals surface area (Å²) in [4.78, 5) is 24.6. The first-order valence-electron chi connectivity index (χ1n) is 5.40. The van der Waals surface area contributed by atoms with Crippen LogP contribution in [-0.2, 0) is 9.59 Å². The minimum atomic E-state index is -0.798. The molecular formula is C11H19NO3. The number of likely N-dealkylation sites (tertiary alicyclic amines) is 1. The van der Waals surface area contributed by atoms with Gasteiger partial charge >= 0.3 is 5.97 Å². The number of amides is 1. The van der Waals surface area contributed by atoms with E-state index in [4.69, 9.17) is 5.11 Å². The fourth-order valence-electron chi connectivity index (χ4n) is 2.59. The zero-order valence-electron chi connectivity index (χ0n) is 9.73. The molecule has 0 saturated carbocycles. The summed E-state index contributed by atoms with van der Waals surface area (Å²) in [7, 11) is 0. The maximum atomic E-state index is 11.8. The average Bonchev–Trinajstić information content (AvgIpc) is 1.99. The molecule has 0 radical (unpaired) electrons. The molecule has 86 valence electrons. The second kappa shape index (κ2) is 4.21. The van der Waals surface area contributed by atoms with Gasteiger partial charge in [0.15, 0.2) is 0 Å². The summed E-state index contributed by atoms with van der Waals surface area (Å²) in [5.41, 5.74) is 0. The predicted octanol–water partition coefficient (Wildman–Crippen LogP) is 1.35. The van der Waals surface area contributed by atoms with Crippen molar-refractivity contribution < 1.29 is 14.7 Å². The van der Waals surface area contributed by atoms with E-state index < -0.39 is 11.9 Å². The van der Waals surface area contributed by atoms with Crippen LogP contribution < -0.4 is 0 Å². The Labute approximate surface area is 90.3 Å². The zero-order chi connectivity index (χ0) is 11.7. The molecule has 1 aliphatic rings. The lowest BCUT2D eigenvalue weighted by atomic mass is 9.80. The van der Waals surface area contributed by atoms with Crippen molar-refractivity contribution in [3.05, 3.63) is 0 Å². The first-order chi connectivity index (χ1) is 6.86. The van der Waals surface area contributed by atoms with Gasteiger partial charge in [-0.15, -0.1) is 0 Å². The molecular weight excluding hydrogens is 194 g/mol. The van der Waals surface area contributed by atoms with Crippen LogP contribution >= 0.6 is 0 Å². The lowest BCUT2D eigenvalue weighted by Crippen LogP contribution is -2.55. The molecule has 1 aliphatic heterocycles. The van der Waals surface area contributed by atoms with E-state index >= 15 is 0 Å². The van der Waals surface area contributed by atoms with E-state index in [1.54, 1.807) is 4.90 Å². The van der Waals surface area contributed by atoms with Crippen molar-refractivity contribution in [2.75, 3.05) is 0 Å². The highest BCUT2D eigenvalue weighted by Crippen LogP contribution is 2.31. The molecule has 4 nitrogen and oxygen atoms in total. The molecule has 0 aromatic rings. The van der Waals surface area contributed by atoms with Crippen molar-refractivity contribution in [3.63, 3.8) is 0 Å². The number of aliphatic carboxylic acids is 1. The van der Waals surface area contributed by atoms with Crippen LogP contribution in [-0.4, -0.2) is 34.0 Å². The van der Waals surface area contributed by atoms with Crippen LogP contribution in [0.1, 0.15) is 34.1 Å². The molecule has 3 unspecified atom stereocenters. The molecule has 1 saturated heterocycles. The summed E-state index contributed by atoms with van der Waals surface area (Å²) in [5.74, 6) is -1.24. The van der Waals surface area contributed by atoms with Crippen molar-refractivity contribution in [2.45, 2.75) is 46.2 Å². The van der Waals surface area contributed by atoms with E-state index in [2.05, 4.69) is 0 Å². The lowest BCUT2D eigenvalue weighted by molar-refractivity contribution is -0.156. The smallest absolute Gasteiger partial charge is 0.308 e. The molecule has 3 atom stereocenters. The van der Waals surface area contributed by atoms with Crippen LogP contribution in [0.4, 0.5) is 0 Å². The van der Waals surface area contributed by atoms with Crippen LogP contribution in [0.5, 0.6) is 0 Å². The first kappa shape index (κ1) is 12.0. The van der Waals surface area contributed by atoms with E-state index in [-0.39, 0.29) is 23.9 Å². The van der Waals surface area contributed by atoms with Gasteiger partial charge in [0.1, 0.15) is 0 Å². The zero-order valence-corrected chi connectivity index (χ0v) is 9.73. The Morgan fingerprint density at radius 3 is 2.40 bits per heavy atom. The third-order valence-corrected chi connectivity index (χ3v) is 3.20. The van der Waals surface area contributed by atoms with Crippen LogP contribution in [0.3, 0.4) is 0 Å². The Kier molecular flexibility index (Phi) is 3.37. The molecule has 1 rings (SSSR count). The summed E-state index contributed by atoms with van der Waals surface area (Å²) >= 11 is 0. The standard InChI is InChI=1S/C11H19NO3/c1-6(2)12-8(4)10(11(14)15)7(3)5-9(12)13/h6-8,10H,5H2,1-4H3,(H,14,15). The van der Waals surface area contributed by atoms with Gasteiger partial charge in [-0.3, -0.25) is 9.59 Å². The number of carbonyl (C=O) groups excluding carboxylic acids is 1. The van der Waals surface area contributed by atoms with Crippen LogP contribution in [0.15, 0.2) is 0 Å². The summed E-state index contributed by atoms with van der Waals surface area (Å²) in [6.07, 6.45) is 0.347. The van der Waals surface area contributed by atoms with E-state index in [1.165, 1.54) is 0 Å². The van der Waals surface area contributed by atoms with Gasteiger partial charge in [0.05, 0.1) is 5.92 Å². The van der Waals surface area contributed by atoms with Crippen LogP contribution in [0.25, 0.3) is 0 Å². The molecule has 1 amide bonds. The molecule has 4 heteroatoms. The second-order valence-corrected chi connectivity index (χ2v) is 4.68. The van der Waals surface area contributed by atoms with Crippen molar-refractivity contribution in [1.82, 2.24) is 4.90 Å². The van der Waals surface area contributed by atoms with Gasteiger partial charge in [0.25, 0.3) is 0 Å². The number of carboxylic acid groups (broad SMARTS) is 1. The summed E-state index contributed by atoms with van der Waals surface area (Å²) < 4.78 is 0. The Bertz CT molecular complexity index is 273. The molecule has 0 aromatic carbocycles. The molecule has 1 N–H and O–H groups in total. The first-order valence-corrected chi connectivity index (χ1v) is 5.40. The van der Waals surface area contributed by atoms with Crippen molar-refractivity contribution in [1.29, 1.82) is 0 Å². The number of rotatable bonds is 2. The van der Waals surface area contributed by atoms with Gasteiger partial charge in [-0.05, 0) is 26.7 Å². The maximum Gasteiger partial charge on any atom is 0.308 e. The van der Waals surface area contributed by atoms with Gasteiger partial charge in [0.2, 0.25) is 5.91 Å². The highest BCUT2D eigenvalue weighted by Gasteiger charge is 2.42. The molecule has 0 aliphatic carbocycles. The third kappa shape index (κ3) is 2.13. The van der Waals surface area contributed by atoms with Gasteiger partial charge in [-0.25, -0.2) is 0 Å². The average molecular weight is 213 g/mol. The summed E-state index contributed by atoms with van der Waals surface area (Å²) in [6.45, 7) is 7.50. The molecule has 0 aromatic heterocycles. The van der Waals surface area contributed by atoms with E-state index in [9.17, 15) is 9.59 Å². The molecule has 15 heavy (non-hydrogen) atoms. The van der Waals surface area contributed by atoms with E-state index in [1.807, 2.05) is 27.7 Å². The topological polar surface area (TPSA) is 57.6 Å². The Hall–Kier alpha value is -1.06. The van der Waals surface area contributed by atoms with Crippen molar-refractivity contribution in [3.8, 4) is 0 Å². The number of carboxylic acids is 1. The minimum absolute atomic E-state index is 0.0694. The van der Waals surface area contributed by atoms with Gasteiger partial charge in [0, 0.05) is 18.5 Å². The van der Waals surface area contributed by atoms with Crippen molar-refractivity contribution in [2.24, 2.45) is 11.8 Å². The normalized spacial score (nSPS) is 32.2.